The number of hydrogen-bond donors (Lipinski definition) is 0. The normalized spacial score (nSPS) is 21.9. The van der Waals surface area contributed by atoms with Crippen LogP contribution < -0.4 is 4.90 Å². The molecule has 2 fully saturated rings. The van der Waals surface area contributed by atoms with Gasteiger partial charge in [-0.3, -0.25) is 4.79 Å². The van der Waals surface area contributed by atoms with Crippen molar-refractivity contribution < 1.29 is 14.3 Å². The van der Waals surface area contributed by atoms with E-state index >= 15 is 0 Å². The van der Waals surface area contributed by atoms with Gasteiger partial charge in [0, 0.05) is 31.9 Å². The smallest absolute Gasteiger partial charge is 0.332 e. The number of ether oxygens (including phenoxy) is 1. The van der Waals surface area contributed by atoms with E-state index in [4.69, 9.17) is 4.74 Å². The molecule has 0 unspecified atom stereocenters. The van der Waals surface area contributed by atoms with E-state index in [1.165, 1.54) is 0 Å². The molecule has 0 N–H and O–H groups in total. The Hall–Kier alpha value is -2.89. The van der Waals surface area contributed by atoms with Crippen LogP contribution in [0.2, 0.25) is 0 Å². The fraction of sp³-hybridized carbons (Fsp3) is 0.350. The molecule has 1 amide bonds. The third-order valence-corrected chi connectivity index (χ3v) is 5.34. The molecule has 6 heteroatoms. The van der Waals surface area contributed by atoms with Gasteiger partial charge in [0.05, 0.1) is 12.2 Å². The van der Waals surface area contributed by atoms with Crippen LogP contribution in [0.1, 0.15) is 29.6 Å². The molecule has 2 aliphatic heterocycles. The fourth-order valence-electron chi connectivity index (χ4n) is 3.85. The summed E-state index contributed by atoms with van der Waals surface area (Å²) in [6, 6.07) is 13.5. The molecule has 0 radical (unpaired) electrons. The van der Waals surface area contributed by atoms with Crippen LogP contribution in [0.25, 0.3) is 0 Å². The third-order valence-electron chi connectivity index (χ3n) is 5.34. The Labute approximate surface area is 152 Å². The van der Waals surface area contributed by atoms with E-state index in [0.717, 1.165) is 17.9 Å². The molecular weight excluding hydrogens is 330 g/mol. The first-order chi connectivity index (χ1) is 12.6. The predicted molar refractivity (Wildman–Crippen MR) is 97.3 cm³/mol. The van der Waals surface area contributed by atoms with Crippen molar-refractivity contribution in [2.24, 2.45) is 0 Å². The summed E-state index contributed by atoms with van der Waals surface area (Å²) in [7, 11) is 1.93. The number of rotatable bonds is 3. The van der Waals surface area contributed by atoms with Gasteiger partial charge in [-0.1, -0.05) is 18.2 Å². The molecule has 1 aromatic carbocycles. The number of para-hydroxylation sites is 1. The number of nitrogens with zero attached hydrogens (tertiary/aromatic N) is 3. The van der Waals surface area contributed by atoms with Gasteiger partial charge in [-0.25, -0.2) is 9.78 Å². The molecule has 2 aliphatic rings. The molecule has 6 nitrogen and oxygen atoms in total. The molecular formula is C20H21N3O3. The Kier molecular flexibility index (Phi) is 4.11. The molecule has 0 aliphatic carbocycles. The van der Waals surface area contributed by atoms with E-state index in [-0.39, 0.29) is 11.9 Å². The number of likely N-dealkylation sites (tertiary alicyclic amines) is 1. The number of carbonyl (C=O) groups is 2. The number of aromatic nitrogens is 1. The minimum absolute atomic E-state index is 0.150. The van der Waals surface area contributed by atoms with Crippen molar-refractivity contribution in [3.8, 4) is 0 Å². The summed E-state index contributed by atoms with van der Waals surface area (Å²) in [5.74, 6) is 0.337. The third kappa shape index (κ3) is 2.62. The molecule has 1 atom stereocenters. The summed E-state index contributed by atoms with van der Waals surface area (Å²) in [5.41, 5.74) is 0.749. The Morgan fingerprint density at radius 2 is 2.00 bits per heavy atom. The van der Waals surface area contributed by atoms with Crippen molar-refractivity contribution in [3.63, 3.8) is 0 Å². The number of esters is 1. The zero-order chi connectivity index (χ0) is 18.1. The van der Waals surface area contributed by atoms with Gasteiger partial charge in [0.25, 0.3) is 5.91 Å². The van der Waals surface area contributed by atoms with Gasteiger partial charge in [0.1, 0.15) is 11.4 Å². The maximum Gasteiger partial charge on any atom is 0.332 e. The maximum atomic E-state index is 13.0. The van der Waals surface area contributed by atoms with Crippen LogP contribution in [0.5, 0.6) is 0 Å². The maximum absolute atomic E-state index is 13.0. The lowest BCUT2D eigenvalue weighted by molar-refractivity contribution is -0.145. The van der Waals surface area contributed by atoms with Gasteiger partial charge in [0.15, 0.2) is 0 Å². The average Bonchev–Trinajstić information content (AvgIpc) is 3.28. The molecule has 0 bridgehead atoms. The van der Waals surface area contributed by atoms with Crippen LogP contribution >= 0.6 is 0 Å². The van der Waals surface area contributed by atoms with Crippen molar-refractivity contribution in [2.75, 3.05) is 25.1 Å². The number of cyclic esters (lactones) is 1. The van der Waals surface area contributed by atoms with Gasteiger partial charge in [-0.2, -0.15) is 0 Å². The summed E-state index contributed by atoms with van der Waals surface area (Å²) in [6.45, 7) is 0.973. The van der Waals surface area contributed by atoms with Crippen molar-refractivity contribution in [2.45, 2.75) is 24.8 Å². The van der Waals surface area contributed by atoms with Gasteiger partial charge in [-0.05, 0) is 37.1 Å². The minimum atomic E-state index is -0.767. The lowest BCUT2D eigenvalue weighted by Gasteiger charge is -2.31. The number of benzene rings is 1. The molecule has 134 valence electrons. The first kappa shape index (κ1) is 16.6. The second-order valence-corrected chi connectivity index (χ2v) is 6.78. The summed E-state index contributed by atoms with van der Waals surface area (Å²) in [6.07, 6.45) is 3.67. The lowest BCUT2D eigenvalue weighted by Crippen LogP contribution is -2.50. The van der Waals surface area contributed by atoms with Gasteiger partial charge in [-0.15, -0.1) is 0 Å². The summed E-state index contributed by atoms with van der Waals surface area (Å²) in [4.78, 5) is 33.3. The number of anilines is 2. The highest BCUT2D eigenvalue weighted by Gasteiger charge is 2.53. The van der Waals surface area contributed by atoms with Crippen LogP contribution in [0.15, 0.2) is 48.7 Å². The highest BCUT2D eigenvalue weighted by atomic mass is 16.5. The SMILES string of the molecule is CN(c1ccccc1)c1ccc(C(=O)N2CCC[C@]23CCOC3=O)cn1. The lowest BCUT2D eigenvalue weighted by atomic mass is 9.94. The molecule has 4 rings (SSSR count). The fourth-order valence-corrected chi connectivity index (χ4v) is 3.85. The second kappa shape index (κ2) is 6.44. The minimum Gasteiger partial charge on any atom is -0.464 e. The topological polar surface area (TPSA) is 62.7 Å². The van der Waals surface area contributed by atoms with Gasteiger partial charge >= 0.3 is 5.97 Å². The van der Waals surface area contributed by atoms with Crippen molar-refractivity contribution in [3.05, 3.63) is 54.2 Å². The van der Waals surface area contributed by atoms with Crippen LogP contribution in [-0.4, -0.2) is 47.5 Å². The number of hydrogen-bond acceptors (Lipinski definition) is 5. The molecule has 26 heavy (non-hydrogen) atoms. The Morgan fingerprint density at radius 3 is 2.65 bits per heavy atom. The van der Waals surface area contributed by atoms with Crippen LogP contribution in [0, 0.1) is 0 Å². The standard InChI is InChI=1S/C20H21N3O3/c1-22(16-6-3-2-4-7-16)17-9-8-15(14-21-17)18(24)23-12-5-10-20(23)11-13-26-19(20)25/h2-4,6-9,14H,5,10-13H2,1H3/t20-/m1/s1. The number of carbonyl (C=O) groups excluding carboxylic acids is 2. The van der Waals surface area contributed by atoms with E-state index in [1.807, 2.05) is 48.3 Å². The van der Waals surface area contributed by atoms with E-state index in [9.17, 15) is 9.59 Å². The Morgan fingerprint density at radius 1 is 1.19 bits per heavy atom. The van der Waals surface area contributed by atoms with Crippen molar-refractivity contribution in [1.29, 1.82) is 0 Å². The molecule has 2 aromatic rings. The predicted octanol–water partition coefficient (Wildman–Crippen LogP) is 2.77. The van der Waals surface area contributed by atoms with Crippen LogP contribution in [0.3, 0.4) is 0 Å². The van der Waals surface area contributed by atoms with Gasteiger partial charge in [0.2, 0.25) is 0 Å². The second-order valence-electron chi connectivity index (χ2n) is 6.78. The summed E-state index contributed by atoms with van der Waals surface area (Å²) in [5, 5.41) is 0. The highest BCUT2D eigenvalue weighted by Crippen LogP contribution is 2.38. The van der Waals surface area contributed by atoms with Gasteiger partial charge < -0.3 is 14.5 Å². The Balaban J connectivity index is 1.55. The zero-order valence-electron chi connectivity index (χ0n) is 14.7. The van der Waals surface area contributed by atoms with E-state index < -0.39 is 5.54 Å². The highest BCUT2D eigenvalue weighted by molar-refractivity contribution is 5.99. The van der Waals surface area contributed by atoms with Crippen LogP contribution in [0.4, 0.5) is 11.5 Å². The average molecular weight is 351 g/mol. The molecule has 1 spiro atoms. The van der Waals surface area contributed by atoms with E-state index in [2.05, 4.69) is 4.98 Å². The van der Waals surface area contributed by atoms with Crippen LogP contribution in [-0.2, 0) is 9.53 Å². The van der Waals surface area contributed by atoms with Crippen molar-refractivity contribution in [1.82, 2.24) is 9.88 Å². The number of amides is 1. The Bertz CT molecular complexity index is 818. The van der Waals surface area contributed by atoms with Crippen molar-refractivity contribution >= 4 is 23.4 Å². The quantitative estimate of drug-likeness (QED) is 0.796. The molecule has 2 saturated heterocycles. The summed E-state index contributed by atoms with van der Waals surface area (Å²) < 4.78 is 5.15. The number of pyridine rings is 1. The van der Waals surface area contributed by atoms with E-state index in [0.29, 0.717) is 31.6 Å². The first-order valence-corrected chi connectivity index (χ1v) is 8.86. The summed E-state index contributed by atoms with van der Waals surface area (Å²) >= 11 is 0. The monoisotopic (exact) mass is 351 g/mol. The molecule has 0 saturated carbocycles. The first-order valence-electron chi connectivity index (χ1n) is 8.86. The molecule has 3 heterocycles. The zero-order valence-corrected chi connectivity index (χ0v) is 14.7. The molecule has 1 aromatic heterocycles. The van der Waals surface area contributed by atoms with E-state index in [1.54, 1.807) is 17.2 Å². The largest absolute Gasteiger partial charge is 0.464 e.